The summed E-state index contributed by atoms with van der Waals surface area (Å²) in [7, 11) is 0. The van der Waals surface area contributed by atoms with E-state index in [0.717, 1.165) is 22.4 Å². The van der Waals surface area contributed by atoms with E-state index in [1.54, 1.807) is 24.3 Å². The molecule has 4 aromatic carbocycles. The fourth-order valence-electron chi connectivity index (χ4n) is 3.35. The maximum Gasteiger partial charge on any atom is 0.292 e. The molecule has 32 heavy (non-hydrogen) atoms. The Labute approximate surface area is 185 Å². The van der Waals surface area contributed by atoms with E-state index in [-0.39, 0.29) is 11.6 Å². The highest BCUT2D eigenvalue weighted by atomic mass is 16.6. The van der Waals surface area contributed by atoms with Crippen molar-refractivity contribution in [2.24, 2.45) is 0 Å². The van der Waals surface area contributed by atoms with E-state index in [1.807, 2.05) is 72.8 Å². The summed E-state index contributed by atoms with van der Waals surface area (Å²) >= 11 is 0. The van der Waals surface area contributed by atoms with E-state index in [4.69, 9.17) is 0 Å². The molecule has 0 aliphatic heterocycles. The standard InChI is InChI=1S/C26H21N3O3/c30-26(28-23-9-5-2-6-10-23)21-13-11-20(12-14-21)22-15-16-25(29(31)32)24(17-22)27-18-19-7-3-1-4-8-19/h1-17,27H,18H2,(H,28,30). The molecule has 0 bridgehead atoms. The number of nitro groups is 1. The Morgan fingerprint density at radius 2 is 1.41 bits per heavy atom. The van der Waals surface area contributed by atoms with E-state index < -0.39 is 4.92 Å². The summed E-state index contributed by atoms with van der Waals surface area (Å²) in [6.07, 6.45) is 0. The molecule has 4 rings (SSSR count). The molecule has 0 unspecified atom stereocenters. The van der Waals surface area contributed by atoms with E-state index in [0.29, 0.717) is 17.8 Å². The number of nitro benzene ring substituents is 1. The van der Waals surface area contributed by atoms with Crippen molar-refractivity contribution in [3.63, 3.8) is 0 Å². The lowest BCUT2D eigenvalue weighted by molar-refractivity contribution is -0.384. The quantitative estimate of drug-likeness (QED) is 0.277. The normalized spacial score (nSPS) is 10.4. The number of benzene rings is 4. The number of anilines is 2. The molecule has 158 valence electrons. The SMILES string of the molecule is O=C(Nc1ccccc1)c1ccc(-c2ccc([N+](=O)[O-])c(NCc3ccccc3)c2)cc1. The van der Waals surface area contributed by atoms with Gasteiger partial charge in [0.15, 0.2) is 0 Å². The minimum atomic E-state index is -0.395. The van der Waals surface area contributed by atoms with Crippen molar-refractivity contribution in [3.8, 4) is 11.1 Å². The van der Waals surface area contributed by atoms with Crippen LogP contribution in [0.15, 0.2) is 103 Å². The van der Waals surface area contributed by atoms with Crippen molar-refractivity contribution >= 4 is 23.0 Å². The highest BCUT2D eigenvalue weighted by Crippen LogP contribution is 2.31. The van der Waals surface area contributed by atoms with Gasteiger partial charge in [-0.05, 0) is 53.1 Å². The van der Waals surface area contributed by atoms with Gasteiger partial charge in [-0.3, -0.25) is 14.9 Å². The highest BCUT2D eigenvalue weighted by Gasteiger charge is 2.15. The molecule has 0 aliphatic carbocycles. The van der Waals surface area contributed by atoms with Gasteiger partial charge in [-0.25, -0.2) is 0 Å². The van der Waals surface area contributed by atoms with Crippen LogP contribution in [0.2, 0.25) is 0 Å². The van der Waals surface area contributed by atoms with Gasteiger partial charge in [-0.15, -0.1) is 0 Å². The molecule has 6 nitrogen and oxygen atoms in total. The van der Waals surface area contributed by atoms with Crippen LogP contribution in [-0.4, -0.2) is 10.8 Å². The minimum absolute atomic E-state index is 0.0172. The van der Waals surface area contributed by atoms with E-state index in [1.165, 1.54) is 6.07 Å². The van der Waals surface area contributed by atoms with Crippen LogP contribution in [0.5, 0.6) is 0 Å². The molecule has 0 spiro atoms. The molecule has 0 aromatic heterocycles. The Kier molecular flexibility index (Phi) is 6.22. The van der Waals surface area contributed by atoms with Crippen molar-refractivity contribution in [2.45, 2.75) is 6.54 Å². The highest BCUT2D eigenvalue weighted by molar-refractivity contribution is 6.04. The molecule has 4 aromatic rings. The van der Waals surface area contributed by atoms with Crippen molar-refractivity contribution in [3.05, 3.63) is 124 Å². The Morgan fingerprint density at radius 1 is 0.781 bits per heavy atom. The van der Waals surface area contributed by atoms with Crippen LogP contribution >= 0.6 is 0 Å². The molecule has 0 saturated heterocycles. The molecule has 0 aliphatic rings. The second-order valence-electron chi connectivity index (χ2n) is 7.23. The summed E-state index contributed by atoms with van der Waals surface area (Å²) in [6.45, 7) is 0.476. The van der Waals surface area contributed by atoms with Gasteiger partial charge in [-0.1, -0.05) is 60.7 Å². The Hall–Kier alpha value is -4.45. The second kappa shape index (κ2) is 9.57. The van der Waals surface area contributed by atoms with Crippen LogP contribution in [0.4, 0.5) is 17.1 Å². The first-order valence-electron chi connectivity index (χ1n) is 10.1. The van der Waals surface area contributed by atoms with Gasteiger partial charge >= 0.3 is 0 Å². The number of rotatable bonds is 7. The summed E-state index contributed by atoms with van der Waals surface area (Å²) in [5, 5.41) is 17.5. The topological polar surface area (TPSA) is 84.3 Å². The second-order valence-corrected chi connectivity index (χ2v) is 7.23. The first kappa shape index (κ1) is 20.8. The molecule has 0 saturated carbocycles. The smallest absolute Gasteiger partial charge is 0.292 e. The molecule has 0 radical (unpaired) electrons. The molecule has 0 fully saturated rings. The van der Waals surface area contributed by atoms with E-state index in [9.17, 15) is 14.9 Å². The third-order valence-corrected chi connectivity index (χ3v) is 5.03. The zero-order valence-electron chi connectivity index (χ0n) is 17.2. The number of amides is 1. The van der Waals surface area contributed by atoms with Crippen LogP contribution < -0.4 is 10.6 Å². The van der Waals surface area contributed by atoms with Gasteiger partial charge in [-0.2, -0.15) is 0 Å². The van der Waals surface area contributed by atoms with Gasteiger partial charge in [0.25, 0.3) is 11.6 Å². The van der Waals surface area contributed by atoms with Gasteiger partial charge < -0.3 is 10.6 Å². The van der Waals surface area contributed by atoms with E-state index in [2.05, 4.69) is 10.6 Å². The van der Waals surface area contributed by atoms with Crippen molar-refractivity contribution in [1.82, 2.24) is 0 Å². The molecule has 0 heterocycles. The van der Waals surface area contributed by atoms with Gasteiger partial charge in [0.2, 0.25) is 0 Å². The Morgan fingerprint density at radius 3 is 2.06 bits per heavy atom. The monoisotopic (exact) mass is 423 g/mol. The van der Waals surface area contributed by atoms with Gasteiger partial charge in [0.05, 0.1) is 4.92 Å². The predicted molar refractivity (Wildman–Crippen MR) is 127 cm³/mol. The van der Waals surface area contributed by atoms with Crippen molar-refractivity contribution in [2.75, 3.05) is 10.6 Å². The van der Waals surface area contributed by atoms with Crippen LogP contribution in [-0.2, 0) is 6.54 Å². The first-order chi connectivity index (χ1) is 15.6. The van der Waals surface area contributed by atoms with Gasteiger partial charge in [0.1, 0.15) is 5.69 Å². The Bertz CT molecular complexity index is 1220. The zero-order chi connectivity index (χ0) is 22.3. The fraction of sp³-hybridized carbons (Fsp3) is 0.0385. The maximum absolute atomic E-state index is 12.5. The minimum Gasteiger partial charge on any atom is -0.375 e. The van der Waals surface area contributed by atoms with Crippen LogP contribution in [0.1, 0.15) is 15.9 Å². The molecule has 2 N–H and O–H groups in total. The van der Waals surface area contributed by atoms with Crippen molar-refractivity contribution < 1.29 is 9.72 Å². The number of carbonyl (C=O) groups excluding carboxylic acids is 1. The summed E-state index contributed by atoms with van der Waals surface area (Å²) in [5.41, 5.74) is 4.43. The largest absolute Gasteiger partial charge is 0.375 e. The molecule has 1 amide bonds. The maximum atomic E-state index is 12.5. The zero-order valence-corrected chi connectivity index (χ0v) is 17.2. The molecule has 6 heteroatoms. The number of nitrogens with one attached hydrogen (secondary N) is 2. The lowest BCUT2D eigenvalue weighted by atomic mass is 10.0. The average Bonchev–Trinajstić information content (AvgIpc) is 2.84. The number of hydrogen-bond acceptors (Lipinski definition) is 4. The van der Waals surface area contributed by atoms with Crippen LogP contribution in [0.3, 0.4) is 0 Å². The summed E-state index contributed by atoms with van der Waals surface area (Å²) < 4.78 is 0. The predicted octanol–water partition coefficient (Wildman–Crippen LogP) is 6.13. The third kappa shape index (κ3) is 4.99. The molecular weight excluding hydrogens is 402 g/mol. The number of carbonyl (C=O) groups is 1. The number of nitrogens with zero attached hydrogens (tertiary/aromatic N) is 1. The number of hydrogen-bond donors (Lipinski definition) is 2. The molecule has 0 atom stereocenters. The average molecular weight is 423 g/mol. The van der Waals surface area contributed by atoms with Crippen LogP contribution in [0, 0.1) is 10.1 Å². The Balaban J connectivity index is 1.53. The lowest BCUT2D eigenvalue weighted by Crippen LogP contribution is -2.11. The summed E-state index contributed by atoms with van der Waals surface area (Å²) in [5.74, 6) is -0.198. The van der Waals surface area contributed by atoms with E-state index >= 15 is 0 Å². The number of para-hydroxylation sites is 1. The fourth-order valence-corrected chi connectivity index (χ4v) is 3.35. The van der Waals surface area contributed by atoms with Crippen LogP contribution in [0.25, 0.3) is 11.1 Å². The van der Waals surface area contributed by atoms with Crippen molar-refractivity contribution in [1.29, 1.82) is 0 Å². The first-order valence-corrected chi connectivity index (χ1v) is 10.1. The summed E-state index contributed by atoms with van der Waals surface area (Å²) in [4.78, 5) is 23.5. The third-order valence-electron chi connectivity index (χ3n) is 5.03. The lowest BCUT2D eigenvalue weighted by Gasteiger charge is -2.10. The van der Waals surface area contributed by atoms with Gasteiger partial charge in [0, 0.05) is 23.9 Å². The molecular formula is C26H21N3O3. The summed E-state index contributed by atoms with van der Waals surface area (Å²) in [6, 6.07) is 31.1.